The molecule has 0 aliphatic carbocycles. The standard InChI is InChI=1S/2C6H15P.BrH.NO.Ni/c2*1-4-7(5-2)6-3;;1-2;/h2*4-6H2,1-3H3;1H;;/q;;;-1;+2/p-1. The van der Waals surface area contributed by atoms with Crippen molar-refractivity contribution in [2.24, 2.45) is 4.26 Å². The molecule has 0 aromatic carbocycles. The van der Waals surface area contributed by atoms with Crippen molar-refractivity contribution >= 4 is 15.8 Å². The Hall–Kier alpha value is 1.43. The normalized spacial score (nSPS) is 8.78. The molecule has 0 atom stereocenters. The van der Waals surface area contributed by atoms with E-state index in [1.807, 2.05) is 4.26 Å². The molecule has 6 heteroatoms. The number of nitroso groups, excluding NO2 is 1. The number of halogens is 1. The van der Waals surface area contributed by atoms with Crippen LogP contribution in [0.15, 0.2) is 4.26 Å². The van der Waals surface area contributed by atoms with Crippen molar-refractivity contribution in [3.8, 4) is 0 Å². The first-order valence-corrected chi connectivity index (χ1v) is 10.7. The van der Waals surface area contributed by atoms with E-state index in [1.54, 1.807) is 0 Å². The Bertz CT molecular complexity index is 114. The van der Waals surface area contributed by atoms with E-state index in [-0.39, 0.29) is 17.0 Å². The zero-order valence-electron chi connectivity index (χ0n) is 12.7. The van der Waals surface area contributed by atoms with E-state index in [0.717, 1.165) is 0 Å². The molecule has 0 amide bonds. The Morgan fingerprint density at radius 2 is 0.833 bits per heavy atom. The molecule has 18 heavy (non-hydrogen) atoms. The molecule has 0 unspecified atom stereocenters. The van der Waals surface area contributed by atoms with Crippen LogP contribution in [0.3, 0.4) is 0 Å². The molecule has 0 spiro atoms. The summed E-state index contributed by atoms with van der Waals surface area (Å²) in [5, 5.41) is 0. The minimum absolute atomic E-state index is 0. The minimum atomic E-state index is 0. The molecule has 0 aromatic rings. The van der Waals surface area contributed by atoms with Gasteiger partial charge in [0.15, 0.2) is 0 Å². The summed E-state index contributed by atoms with van der Waals surface area (Å²) in [7, 11) is 0.892. The first kappa shape index (κ1) is 27.7. The van der Waals surface area contributed by atoms with Crippen LogP contribution >= 0.6 is 15.8 Å². The van der Waals surface area contributed by atoms with Crippen molar-refractivity contribution < 1.29 is 32.7 Å². The Kier molecular flexibility index (Phi) is 41.4. The van der Waals surface area contributed by atoms with Crippen LogP contribution in [0.2, 0.25) is 0 Å². The second-order valence-corrected chi connectivity index (χ2v) is 9.96. The summed E-state index contributed by atoms with van der Waals surface area (Å²) in [6.45, 7) is 13.7. The average molecular weight is 405 g/mol. The van der Waals surface area contributed by atoms with Gasteiger partial charge in [-0.1, -0.05) is 41.5 Å². The molecule has 116 valence electrons. The quantitative estimate of drug-likeness (QED) is 0.379. The monoisotopic (exact) mass is 403 g/mol. The van der Waals surface area contributed by atoms with Crippen molar-refractivity contribution in [2.45, 2.75) is 41.5 Å². The summed E-state index contributed by atoms with van der Waals surface area (Å²) < 4.78 is 1.88. The molecule has 0 bridgehead atoms. The van der Waals surface area contributed by atoms with E-state index < -0.39 is 0 Å². The van der Waals surface area contributed by atoms with Gasteiger partial charge in [0.25, 0.3) is 0 Å². The maximum Gasteiger partial charge on any atom is -1.00 e. The van der Waals surface area contributed by atoms with Crippen LogP contribution in [0, 0.1) is 4.91 Å². The predicted octanol–water partition coefficient (Wildman–Crippen LogP) is 2.27. The summed E-state index contributed by atoms with van der Waals surface area (Å²) in [5.41, 5.74) is 0. The molecule has 0 aliphatic rings. The third kappa shape index (κ3) is 26.1. The molecule has 0 rings (SSSR count). The number of nitrogens with zero attached hydrogens (tertiary/aromatic N) is 1. The number of rotatable bonds is 6. The molecular weight excluding hydrogens is 375 g/mol. The van der Waals surface area contributed by atoms with Gasteiger partial charge in [-0.25, -0.2) is 0 Å². The minimum Gasteiger partial charge on any atom is -1.00 e. The second kappa shape index (κ2) is 26.9. The van der Waals surface area contributed by atoms with Crippen LogP contribution in [0.1, 0.15) is 41.5 Å². The summed E-state index contributed by atoms with van der Waals surface area (Å²) in [6.07, 6.45) is 8.51. The van der Waals surface area contributed by atoms with Gasteiger partial charge >= 0.3 is 24.8 Å². The van der Waals surface area contributed by atoms with Crippen LogP contribution < -0.4 is 17.0 Å². The smallest absolute Gasteiger partial charge is 1.00 e. The summed E-state index contributed by atoms with van der Waals surface area (Å²) in [4.78, 5) is 8.39. The fraction of sp³-hybridized carbons (Fsp3) is 1.00. The van der Waals surface area contributed by atoms with Crippen molar-refractivity contribution in [2.75, 3.05) is 37.0 Å². The van der Waals surface area contributed by atoms with Gasteiger partial charge in [-0.3, -0.25) is 0 Å². The van der Waals surface area contributed by atoms with Gasteiger partial charge in [0.2, 0.25) is 0 Å². The maximum atomic E-state index is 8.39. The summed E-state index contributed by atoms with van der Waals surface area (Å²) >= 11 is 3.24. The molecule has 0 fully saturated rings. The van der Waals surface area contributed by atoms with Gasteiger partial charge in [0.1, 0.15) is 0 Å². The fourth-order valence-electron chi connectivity index (χ4n) is 1.34. The number of hydrogen-bond acceptors (Lipinski definition) is 2. The van der Waals surface area contributed by atoms with Crippen molar-refractivity contribution in [1.29, 1.82) is 0 Å². The van der Waals surface area contributed by atoms with Gasteiger partial charge < -0.3 is 17.0 Å². The molecular formula is C12H30BrNNiOP2. The molecule has 0 radical (unpaired) electrons. The Morgan fingerprint density at radius 1 is 0.722 bits per heavy atom. The first-order valence-electron chi connectivity index (χ1n) is 6.46. The maximum absolute atomic E-state index is 8.39. The van der Waals surface area contributed by atoms with E-state index in [9.17, 15) is 0 Å². The molecule has 0 heterocycles. The van der Waals surface area contributed by atoms with Crippen LogP contribution in [0.5, 0.6) is 0 Å². The van der Waals surface area contributed by atoms with Crippen LogP contribution in [0.25, 0.3) is 0 Å². The predicted molar refractivity (Wildman–Crippen MR) is 82.9 cm³/mol. The van der Waals surface area contributed by atoms with Crippen molar-refractivity contribution in [3.05, 3.63) is 4.91 Å². The molecule has 0 N–H and O–H groups in total. The molecule has 2 nitrogen and oxygen atoms in total. The Balaban J connectivity index is -0.0000000857. The van der Waals surface area contributed by atoms with Crippen LogP contribution in [0.4, 0.5) is 0 Å². The summed E-state index contributed by atoms with van der Waals surface area (Å²) in [5.74, 6) is 0. The third-order valence-corrected chi connectivity index (χ3v) is 8.05. The van der Waals surface area contributed by atoms with E-state index in [2.05, 4.69) is 57.2 Å². The van der Waals surface area contributed by atoms with E-state index >= 15 is 0 Å². The molecule has 0 saturated heterocycles. The van der Waals surface area contributed by atoms with Gasteiger partial charge in [0, 0.05) is 0 Å². The molecule has 0 saturated carbocycles. The second-order valence-electron chi connectivity index (χ2n) is 3.30. The van der Waals surface area contributed by atoms with Gasteiger partial charge in [-0.2, -0.15) is 0 Å². The molecule has 0 aliphatic heterocycles. The van der Waals surface area contributed by atoms with Crippen molar-refractivity contribution in [3.63, 3.8) is 0 Å². The van der Waals surface area contributed by atoms with Gasteiger partial charge in [-0.05, 0) is 37.0 Å². The van der Waals surface area contributed by atoms with E-state index in [4.69, 9.17) is 4.91 Å². The average Bonchev–Trinajstić information content (AvgIpc) is 2.35. The number of hydrogen-bond donors (Lipinski definition) is 0. The van der Waals surface area contributed by atoms with E-state index in [0.29, 0.717) is 15.8 Å². The van der Waals surface area contributed by atoms with Gasteiger partial charge in [0.05, 0.1) is 0 Å². The SMILES string of the molecule is CCP(CC)CC.CCP(CC)CC.O=[N][Ni+].[Br-]. The van der Waals surface area contributed by atoms with Crippen molar-refractivity contribution in [1.82, 2.24) is 0 Å². The van der Waals surface area contributed by atoms with Crippen LogP contribution in [-0.2, 0) is 15.7 Å². The fourth-order valence-corrected chi connectivity index (χ4v) is 4.02. The largest absolute Gasteiger partial charge is 1.00 e. The van der Waals surface area contributed by atoms with Gasteiger partial charge in [-0.15, -0.1) is 15.8 Å². The third-order valence-electron chi connectivity index (χ3n) is 2.68. The van der Waals surface area contributed by atoms with Crippen LogP contribution in [-0.4, -0.2) is 37.0 Å². The summed E-state index contributed by atoms with van der Waals surface area (Å²) in [6, 6.07) is 0. The Morgan fingerprint density at radius 3 is 0.833 bits per heavy atom. The molecule has 0 aromatic heterocycles. The Labute approximate surface area is 136 Å². The first-order chi connectivity index (χ1) is 8.11. The zero-order valence-corrected chi connectivity index (χ0v) is 17.0. The van der Waals surface area contributed by atoms with E-state index in [1.165, 1.54) is 37.0 Å². The zero-order chi connectivity index (χ0) is 14.1. The topological polar surface area (TPSA) is 29.4 Å².